The van der Waals surface area contributed by atoms with Gasteiger partial charge in [0.25, 0.3) is 5.91 Å². The van der Waals surface area contributed by atoms with Crippen LogP contribution in [0.2, 0.25) is 0 Å². The monoisotopic (exact) mass is 545 g/mol. The second-order valence-corrected chi connectivity index (χ2v) is 11.7. The maximum absolute atomic E-state index is 13.4. The summed E-state index contributed by atoms with van der Waals surface area (Å²) in [6.07, 6.45) is 7.74. The summed E-state index contributed by atoms with van der Waals surface area (Å²) in [5, 5.41) is 17.3. The van der Waals surface area contributed by atoms with E-state index in [2.05, 4.69) is 5.32 Å². The first kappa shape index (κ1) is 26.8. The number of aromatic nitrogens is 2. The van der Waals surface area contributed by atoms with Crippen molar-refractivity contribution < 1.29 is 17.9 Å². The van der Waals surface area contributed by atoms with Crippen molar-refractivity contribution in [2.24, 2.45) is 0 Å². The van der Waals surface area contributed by atoms with Crippen LogP contribution in [0.4, 0.5) is 0 Å². The summed E-state index contributed by atoms with van der Waals surface area (Å²) in [4.78, 5) is 13.0. The summed E-state index contributed by atoms with van der Waals surface area (Å²) in [5.74, 6) is -0.493. The van der Waals surface area contributed by atoms with Crippen LogP contribution in [0.1, 0.15) is 37.7 Å². The van der Waals surface area contributed by atoms with E-state index in [0.717, 1.165) is 37.8 Å². The minimum Gasteiger partial charge on any atom is -0.376 e. The highest BCUT2D eigenvalue weighted by Crippen LogP contribution is 2.29. The molecule has 2 saturated heterocycles. The number of carbonyl (C=O) groups excluding carboxylic acids is 1. The topological polar surface area (TPSA) is 117 Å². The molecule has 39 heavy (non-hydrogen) atoms. The predicted molar refractivity (Wildman–Crippen MR) is 147 cm³/mol. The number of nitriles is 1. The lowest BCUT2D eigenvalue weighted by molar-refractivity contribution is -0.117. The molecule has 1 unspecified atom stereocenters. The Morgan fingerprint density at radius 3 is 2.62 bits per heavy atom. The van der Waals surface area contributed by atoms with Crippen molar-refractivity contribution in [3.8, 4) is 23.0 Å². The number of amides is 1. The Hall–Kier alpha value is -3.78. The second-order valence-electron chi connectivity index (χ2n) is 9.72. The molecule has 2 fully saturated rings. The third-order valence-electron chi connectivity index (χ3n) is 7.00. The molecule has 3 aromatic rings. The average molecular weight is 546 g/mol. The van der Waals surface area contributed by atoms with E-state index in [1.165, 1.54) is 10.4 Å². The summed E-state index contributed by atoms with van der Waals surface area (Å²) in [6.45, 7) is 2.03. The van der Waals surface area contributed by atoms with Crippen LogP contribution in [0.3, 0.4) is 0 Å². The zero-order valence-corrected chi connectivity index (χ0v) is 22.4. The van der Waals surface area contributed by atoms with E-state index < -0.39 is 15.9 Å². The summed E-state index contributed by atoms with van der Waals surface area (Å²) in [5.41, 5.74) is 2.28. The largest absolute Gasteiger partial charge is 0.376 e. The number of para-hydroxylation sites is 1. The van der Waals surface area contributed by atoms with E-state index >= 15 is 0 Å². The van der Waals surface area contributed by atoms with Gasteiger partial charge in [-0.2, -0.15) is 14.7 Å². The fourth-order valence-electron chi connectivity index (χ4n) is 4.90. The van der Waals surface area contributed by atoms with Crippen LogP contribution in [-0.4, -0.2) is 60.8 Å². The van der Waals surface area contributed by atoms with Gasteiger partial charge in [-0.1, -0.05) is 36.8 Å². The molecular weight excluding hydrogens is 514 g/mol. The lowest BCUT2D eigenvalue weighted by Crippen LogP contribution is -2.35. The highest BCUT2D eigenvalue weighted by Gasteiger charge is 2.27. The zero-order chi connectivity index (χ0) is 27.2. The van der Waals surface area contributed by atoms with E-state index in [9.17, 15) is 18.5 Å². The second kappa shape index (κ2) is 11.9. The normalized spacial score (nSPS) is 18.5. The first-order valence-corrected chi connectivity index (χ1v) is 14.7. The van der Waals surface area contributed by atoms with Crippen LogP contribution < -0.4 is 5.32 Å². The Morgan fingerprint density at radius 1 is 1.10 bits per heavy atom. The molecule has 2 aliphatic rings. The number of hydrogen-bond donors (Lipinski definition) is 1. The van der Waals surface area contributed by atoms with Crippen LogP contribution in [0.15, 0.2) is 71.3 Å². The smallest absolute Gasteiger partial charge is 0.262 e. The molecule has 3 heterocycles. The zero-order valence-electron chi connectivity index (χ0n) is 21.6. The number of sulfonamides is 1. The van der Waals surface area contributed by atoms with Gasteiger partial charge < -0.3 is 10.1 Å². The molecule has 1 amide bonds. The van der Waals surface area contributed by atoms with E-state index in [1.54, 1.807) is 35.1 Å². The van der Waals surface area contributed by atoms with Crippen molar-refractivity contribution in [2.75, 3.05) is 26.2 Å². The molecule has 9 nitrogen and oxygen atoms in total. The molecule has 0 spiro atoms. The molecule has 0 saturated carbocycles. The maximum Gasteiger partial charge on any atom is 0.262 e. The first-order chi connectivity index (χ1) is 19.0. The highest BCUT2D eigenvalue weighted by molar-refractivity contribution is 7.89. The molecule has 1 aromatic heterocycles. The van der Waals surface area contributed by atoms with Crippen LogP contribution in [0.25, 0.3) is 23.0 Å². The number of rotatable bonds is 8. The van der Waals surface area contributed by atoms with Gasteiger partial charge in [0, 0.05) is 43.6 Å². The van der Waals surface area contributed by atoms with Gasteiger partial charge in [0.15, 0.2) is 0 Å². The number of benzene rings is 2. The molecule has 2 aliphatic heterocycles. The van der Waals surface area contributed by atoms with Crippen LogP contribution in [0.5, 0.6) is 0 Å². The number of hydrogen-bond acceptors (Lipinski definition) is 6. The summed E-state index contributed by atoms with van der Waals surface area (Å²) in [7, 11) is -3.65. The fourth-order valence-corrected chi connectivity index (χ4v) is 6.46. The number of nitrogens with zero attached hydrogens (tertiary/aromatic N) is 4. The van der Waals surface area contributed by atoms with E-state index in [1.807, 2.05) is 36.4 Å². The Balaban J connectivity index is 1.51. The molecule has 1 atom stereocenters. The van der Waals surface area contributed by atoms with Crippen molar-refractivity contribution in [3.63, 3.8) is 0 Å². The third-order valence-corrected chi connectivity index (χ3v) is 8.90. The molecule has 10 heteroatoms. The van der Waals surface area contributed by atoms with Crippen LogP contribution in [-0.2, 0) is 19.6 Å². The lowest BCUT2D eigenvalue weighted by Gasteiger charge is -2.26. The van der Waals surface area contributed by atoms with E-state index in [4.69, 9.17) is 9.84 Å². The van der Waals surface area contributed by atoms with Gasteiger partial charge in [-0.3, -0.25) is 4.79 Å². The lowest BCUT2D eigenvalue weighted by atomic mass is 10.1. The molecular formula is C29H31N5O4S. The quantitative estimate of drug-likeness (QED) is 0.339. The SMILES string of the molecule is N#C/C(=C/c1cn(-c2ccccc2)nc1-c1cccc(S(=O)(=O)N2CCCCC2)c1)C(=O)NCC1CCCO1. The Labute approximate surface area is 228 Å². The number of nitrogens with one attached hydrogen (secondary N) is 1. The molecule has 2 aromatic carbocycles. The Bertz CT molecular complexity index is 1500. The molecule has 5 rings (SSSR count). The number of carbonyl (C=O) groups is 1. The number of ether oxygens (including phenoxy) is 1. The molecule has 1 N–H and O–H groups in total. The summed E-state index contributed by atoms with van der Waals surface area (Å²) >= 11 is 0. The summed E-state index contributed by atoms with van der Waals surface area (Å²) < 4.78 is 35.5. The molecule has 202 valence electrons. The van der Waals surface area contributed by atoms with Crippen molar-refractivity contribution in [1.82, 2.24) is 19.4 Å². The van der Waals surface area contributed by atoms with Crippen molar-refractivity contribution in [2.45, 2.75) is 43.1 Å². The van der Waals surface area contributed by atoms with E-state index in [0.29, 0.717) is 43.1 Å². The molecule has 0 aliphatic carbocycles. The fraction of sp³-hybridized carbons (Fsp3) is 0.345. The summed E-state index contributed by atoms with van der Waals surface area (Å²) in [6, 6.07) is 18.1. The van der Waals surface area contributed by atoms with Gasteiger partial charge in [0.05, 0.1) is 16.7 Å². The van der Waals surface area contributed by atoms with Crippen LogP contribution in [0, 0.1) is 11.3 Å². The van der Waals surface area contributed by atoms with Crippen molar-refractivity contribution in [3.05, 3.63) is 71.9 Å². The van der Waals surface area contributed by atoms with Gasteiger partial charge in [-0.05, 0) is 56.0 Å². The number of piperidine rings is 1. The Kier molecular flexibility index (Phi) is 8.21. The van der Waals surface area contributed by atoms with Crippen LogP contribution >= 0.6 is 0 Å². The molecule has 0 radical (unpaired) electrons. The van der Waals surface area contributed by atoms with Gasteiger partial charge in [-0.15, -0.1) is 0 Å². The van der Waals surface area contributed by atoms with Crippen molar-refractivity contribution >= 4 is 22.0 Å². The van der Waals surface area contributed by atoms with Crippen molar-refractivity contribution in [1.29, 1.82) is 5.26 Å². The minimum absolute atomic E-state index is 0.0464. The Morgan fingerprint density at radius 2 is 1.90 bits per heavy atom. The third kappa shape index (κ3) is 6.11. The van der Waals surface area contributed by atoms with Gasteiger partial charge in [0.1, 0.15) is 17.3 Å². The van der Waals surface area contributed by atoms with Gasteiger partial charge in [-0.25, -0.2) is 13.1 Å². The average Bonchev–Trinajstić information content (AvgIpc) is 3.66. The minimum atomic E-state index is -3.65. The van der Waals surface area contributed by atoms with Gasteiger partial charge in [0.2, 0.25) is 10.0 Å². The maximum atomic E-state index is 13.4. The first-order valence-electron chi connectivity index (χ1n) is 13.2. The highest BCUT2D eigenvalue weighted by atomic mass is 32.2. The standard InChI is InChI=1S/C29H31N5O4S/c30-19-23(29(35)31-20-26-12-8-16-38-26)17-24-21-34(25-10-3-1-4-11-25)32-28(24)22-9-7-13-27(18-22)39(36,37)33-14-5-2-6-15-33/h1,3-4,7,9-11,13,17-18,21,26H,2,5-6,8,12,14-16,20H2,(H,31,35)/b23-17-. The molecule has 0 bridgehead atoms. The predicted octanol–water partition coefficient (Wildman–Crippen LogP) is 3.92. The van der Waals surface area contributed by atoms with Gasteiger partial charge >= 0.3 is 0 Å². The van der Waals surface area contributed by atoms with E-state index in [-0.39, 0.29) is 16.6 Å².